The maximum absolute atomic E-state index is 5.66. The SMILES string of the molecule is CNC(CN)c1ccc2c(c1)OCCO2. The quantitative estimate of drug-likeness (QED) is 0.767. The predicted molar refractivity (Wildman–Crippen MR) is 58.3 cm³/mol. The lowest BCUT2D eigenvalue weighted by Gasteiger charge is -2.21. The van der Waals surface area contributed by atoms with Crippen molar-refractivity contribution in [3.63, 3.8) is 0 Å². The smallest absolute Gasteiger partial charge is 0.161 e. The van der Waals surface area contributed by atoms with Gasteiger partial charge < -0.3 is 20.5 Å². The van der Waals surface area contributed by atoms with Crippen LogP contribution in [0.3, 0.4) is 0 Å². The van der Waals surface area contributed by atoms with Gasteiger partial charge in [0.2, 0.25) is 0 Å². The fourth-order valence-electron chi connectivity index (χ4n) is 1.70. The Bertz CT molecular complexity index is 337. The van der Waals surface area contributed by atoms with Crippen molar-refractivity contribution in [1.82, 2.24) is 5.32 Å². The number of fused-ring (bicyclic) bond motifs is 1. The molecule has 2 rings (SSSR count). The lowest BCUT2D eigenvalue weighted by atomic mass is 10.1. The van der Waals surface area contributed by atoms with Gasteiger partial charge in [0.05, 0.1) is 0 Å². The van der Waals surface area contributed by atoms with E-state index in [4.69, 9.17) is 15.2 Å². The molecule has 4 nitrogen and oxygen atoms in total. The van der Waals surface area contributed by atoms with Gasteiger partial charge in [0.25, 0.3) is 0 Å². The van der Waals surface area contributed by atoms with E-state index in [-0.39, 0.29) is 6.04 Å². The van der Waals surface area contributed by atoms with Crippen LogP contribution in [-0.4, -0.2) is 26.8 Å². The van der Waals surface area contributed by atoms with Crippen molar-refractivity contribution in [1.29, 1.82) is 0 Å². The van der Waals surface area contributed by atoms with Crippen LogP contribution in [0.15, 0.2) is 18.2 Å². The number of ether oxygens (including phenoxy) is 2. The van der Waals surface area contributed by atoms with Crippen LogP contribution in [0.2, 0.25) is 0 Å². The highest BCUT2D eigenvalue weighted by atomic mass is 16.6. The van der Waals surface area contributed by atoms with Crippen LogP contribution < -0.4 is 20.5 Å². The standard InChI is InChI=1S/C11H16N2O2/c1-13-9(7-12)8-2-3-10-11(6-8)15-5-4-14-10/h2-3,6,9,13H,4-5,7,12H2,1H3. The minimum atomic E-state index is 0.167. The Morgan fingerprint density at radius 2 is 2.07 bits per heavy atom. The Morgan fingerprint density at radius 1 is 1.33 bits per heavy atom. The molecule has 0 radical (unpaired) electrons. The zero-order valence-corrected chi connectivity index (χ0v) is 8.82. The van der Waals surface area contributed by atoms with Crippen LogP contribution >= 0.6 is 0 Å². The fraction of sp³-hybridized carbons (Fsp3) is 0.455. The van der Waals surface area contributed by atoms with Crippen LogP contribution in [0.25, 0.3) is 0 Å². The molecule has 0 aromatic heterocycles. The molecule has 0 saturated carbocycles. The largest absolute Gasteiger partial charge is 0.486 e. The van der Waals surface area contributed by atoms with Crippen molar-refractivity contribution in [2.24, 2.45) is 5.73 Å². The van der Waals surface area contributed by atoms with Crippen molar-refractivity contribution in [3.05, 3.63) is 23.8 Å². The van der Waals surface area contributed by atoms with Gasteiger partial charge in [0, 0.05) is 12.6 Å². The molecule has 1 aromatic carbocycles. The van der Waals surface area contributed by atoms with E-state index in [1.165, 1.54) is 0 Å². The molecule has 1 aromatic rings. The molecule has 0 fully saturated rings. The maximum Gasteiger partial charge on any atom is 0.161 e. The van der Waals surface area contributed by atoms with E-state index in [1.807, 2.05) is 25.2 Å². The summed E-state index contributed by atoms with van der Waals surface area (Å²) >= 11 is 0. The lowest BCUT2D eigenvalue weighted by molar-refractivity contribution is 0.171. The fourth-order valence-corrected chi connectivity index (χ4v) is 1.70. The summed E-state index contributed by atoms with van der Waals surface area (Å²) in [6.45, 7) is 1.80. The number of rotatable bonds is 3. The van der Waals surface area contributed by atoms with Crippen LogP contribution in [-0.2, 0) is 0 Å². The second kappa shape index (κ2) is 4.51. The van der Waals surface area contributed by atoms with Crippen molar-refractivity contribution >= 4 is 0 Å². The van der Waals surface area contributed by atoms with Crippen LogP contribution in [0.5, 0.6) is 11.5 Å². The molecular weight excluding hydrogens is 192 g/mol. The zero-order chi connectivity index (χ0) is 10.7. The molecule has 4 heteroatoms. The van der Waals surface area contributed by atoms with Gasteiger partial charge in [-0.3, -0.25) is 0 Å². The summed E-state index contributed by atoms with van der Waals surface area (Å²) in [4.78, 5) is 0. The summed E-state index contributed by atoms with van der Waals surface area (Å²) in [6.07, 6.45) is 0. The predicted octanol–water partition coefficient (Wildman–Crippen LogP) is 0.677. The van der Waals surface area contributed by atoms with Gasteiger partial charge in [0.15, 0.2) is 11.5 Å². The topological polar surface area (TPSA) is 56.5 Å². The summed E-state index contributed by atoms with van der Waals surface area (Å²) in [5, 5.41) is 3.15. The van der Waals surface area contributed by atoms with Gasteiger partial charge in [-0.15, -0.1) is 0 Å². The number of likely N-dealkylation sites (N-methyl/N-ethyl adjacent to an activating group) is 1. The Hall–Kier alpha value is -1.26. The molecule has 3 N–H and O–H groups in total. The molecule has 0 amide bonds. The highest BCUT2D eigenvalue weighted by molar-refractivity contribution is 5.44. The molecule has 0 spiro atoms. The molecular formula is C11H16N2O2. The minimum absolute atomic E-state index is 0.167. The van der Waals surface area contributed by atoms with E-state index < -0.39 is 0 Å². The minimum Gasteiger partial charge on any atom is -0.486 e. The molecule has 82 valence electrons. The molecule has 0 saturated heterocycles. The number of hydrogen-bond donors (Lipinski definition) is 2. The lowest BCUT2D eigenvalue weighted by Crippen LogP contribution is -2.25. The number of hydrogen-bond acceptors (Lipinski definition) is 4. The van der Waals surface area contributed by atoms with E-state index in [0.29, 0.717) is 19.8 Å². The second-order valence-corrected chi connectivity index (χ2v) is 3.48. The molecule has 0 bridgehead atoms. The van der Waals surface area contributed by atoms with Crippen LogP contribution in [0.1, 0.15) is 11.6 Å². The molecule has 1 aliphatic rings. The third-order valence-corrected chi connectivity index (χ3v) is 2.55. The van der Waals surface area contributed by atoms with Crippen LogP contribution in [0.4, 0.5) is 0 Å². The molecule has 1 aliphatic heterocycles. The van der Waals surface area contributed by atoms with Crippen LogP contribution in [0, 0.1) is 0 Å². The van der Waals surface area contributed by atoms with E-state index in [0.717, 1.165) is 17.1 Å². The third kappa shape index (κ3) is 2.06. The first-order valence-electron chi connectivity index (χ1n) is 5.12. The first-order chi connectivity index (χ1) is 7.35. The Balaban J connectivity index is 2.27. The Kier molecular flexibility index (Phi) is 3.08. The highest BCUT2D eigenvalue weighted by Crippen LogP contribution is 2.32. The van der Waals surface area contributed by atoms with Crippen molar-refractivity contribution in [2.75, 3.05) is 26.8 Å². The van der Waals surface area contributed by atoms with Gasteiger partial charge in [-0.25, -0.2) is 0 Å². The van der Waals surface area contributed by atoms with E-state index in [9.17, 15) is 0 Å². The molecule has 15 heavy (non-hydrogen) atoms. The Morgan fingerprint density at radius 3 is 2.73 bits per heavy atom. The summed E-state index contributed by atoms with van der Waals surface area (Å²) < 4.78 is 11.0. The van der Waals surface area contributed by atoms with Gasteiger partial charge >= 0.3 is 0 Å². The van der Waals surface area contributed by atoms with Gasteiger partial charge in [-0.05, 0) is 24.7 Å². The first kappa shape index (κ1) is 10.3. The van der Waals surface area contributed by atoms with Gasteiger partial charge in [0.1, 0.15) is 13.2 Å². The molecule has 1 heterocycles. The average molecular weight is 208 g/mol. The van der Waals surface area contributed by atoms with Gasteiger partial charge in [-0.1, -0.05) is 6.07 Å². The van der Waals surface area contributed by atoms with Gasteiger partial charge in [-0.2, -0.15) is 0 Å². The summed E-state index contributed by atoms with van der Waals surface area (Å²) in [5.74, 6) is 1.63. The zero-order valence-electron chi connectivity index (χ0n) is 8.82. The third-order valence-electron chi connectivity index (χ3n) is 2.55. The number of benzene rings is 1. The summed E-state index contributed by atoms with van der Waals surface area (Å²) in [5.41, 5.74) is 6.79. The van der Waals surface area contributed by atoms with Crippen molar-refractivity contribution < 1.29 is 9.47 Å². The molecule has 0 aliphatic carbocycles. The monoisotopic (exact) mass is 208 g/mol. The maximum atomic E-state index is 5.66. The number of nitrogens with one attached hydrogen (secondary N) is 1. The second-order valence-electron chi connectivity index (χ2n) is 3.48. The van der Waals surface area contributed by atoms with E-state index in [1.54, 1.807) is 0 Å². The van der Waals surface area contributed by atoms with E-state index in [2.05, 4.69) is 5.32 Å². The first-order valence-corrected chi connectivity index (χ1v) is 5.12. The summed E-state index contributed by atoms with van der Waals surface area (Å²) in [7, 11) is 1.90. The average Bonchev–Trinajstić information content (AvgIpc) is 2.30. The van der Waals surface area contributed by atoms with E-state index >= 15 is 0 Å². The number of nitrogens with two attached hydrogens (primary N) is 1. The molecule has 1 unspecified atom stereocenters. The highest BCUT2D eigenvalue weighted by Gasteiger charge is 2.14. The molecule has 1 atom stereocenters. The normalized spacial score (nSPS) is 16.1. The Labute approximate surface area is 89.4 Å². The summed E-state index contributed by atoms with van der Waals surface area (Å²) in [6, 6.07) is 6.11. The van der Waals surface area contributed by atoms with Crippen molar-refractivity contribution in [2.45, 2.75) is 6.04 Å². The van der Waals surface area contributed by atoms with Crippen molar-refractivity contribution in [3.8, 4) is 11.5 Å².